The van der Waals surface area contributed by atoms with Gasteiger partial charge in [0.05, 0.1) is 14.2 Å². The number of imide groups is 1. The highest BCUT2D eigenvalue weighted by molar-refractivity contribution is 9.10. The Balaban J connectivity index is 2.38. The fraction of sp³-hybridized carbons (Fsp3) is 0.385. The number of nitrogens with one attached hydrogen (secondary N) is 1. The number of ether oxygens (including phenoxy) is 2. The summed E-state index contributed by atoms with van der Waals surface area (Å²) in [5.41, 5.74) is 0.876. The Morgan fingerprint density at radius 2 is 1.63 bits per heavy atom. The summed E-state index contributed by atoms with van der Waals surface area (Å²) in [6.07, 6.45) is 0.583. The van der Waals surface area contributed by atoms with Gasteiger partial charge in [-0.15, -0.1) is 0 Å². The van der Waals surface area contributed by atoms with Gasteiger partial charge in [-0.25, -0.2) is 0 Å². The van der Waals surface area contributed by atoms with Gasteiger partial charge < -0.3 is 9.47 Å². The van der Waals surface area contributed by atoms with Crippen molar-refractivity contribution >= 4 is 27.7 Å². The van der Waals surface area contributed by atoms with Crippen LogP contribution < -0.4 is 14.8 Å². The molecule has 2 rings (SSSR count). The molecule has 1 aliphatic rings. The number of carbonyl (C=O) groups is 2. The maximum atomic E-state index is 11.4. The van der Waals surface area contributed by atoms with Crippen molar-refractivity contribution in [1.29, 1.82) is 0 Å². The molecule has 1 fully saturated rings. The highest BCUT2D eigenvalue weighted by atomic mass is 79.9. The molecule has 1 aliphatic heterocycles. The molecule has 5 nitrogen and oxygen atoms in total. The number of hydrogen-bond acceptors (Lipinski definition) is 4. The fourth-order valence-corrected chi connectivity index (χ4v) is 2.83. The first kappa shape index (κ1) is 13.9. The van der Waals surface area contributed by atoms with Crippen LogP contribution in [0.5, 0.6) is 11.5 Å². The van der Waals surface area contributed by atoms with E-state index in [-0.39, 0.29) is 17.7 Å². The van der Waals surface area contributed by atoms with Crippen LogP contribution in [0.4, 0.5) is 0 Å². The van der Waals surface area contributed by atoms with Crippen LogP contribution in [0, 0.1) is 0 Å². The summed E-state index contributed by atoms with van der Waals surface area (Å²) in [7, 11) is 3.11. The number of piperidine rings is 1. The van der Waals surface area contributed by atoms with Crippen LogP contribution in [-0.2, 0) is 9.59 Å². The first-order valence-electron chi connectivity index (χ1n) is 5.79. The van der Waals surface area contributed by atoms with E-state index in [9.17, 15) is 9.59 Å². The van der Waals surface area contributed by atoms with Gasteiger partial charge in [0, 0.05) is 23.2 Å². The molecule has 102 valence electrons. The normalized spacial score (nSPS) is 16.2. The van der Waals surface area contributed by atoms with E-state index >= 15 is 0 Å². The Bertz CT molecular complexity index is 514. The molecule has 0 unspecified atom stereocenters. The zero-order chi connectivity index (χ0) is 14.0. The lowest BCUT2D eigenvalue weighted by Crippen LogP contribution is -2.37. The molecule has 1 N–H and O–H groups in total. The molecule has 1 heterocycles. The van der Waals surface area contributed by atoms with E-state index in [2.05, 4.69) is 21.2 Å². The lowest BCUT2D eigenvalue weighted by molar-refractivity contribution is -0.133. The molecule has 0 aromatic heterocycles. The molecule has 1 aromatic rings. The zero-order valence-electron chi connectivity index (χ0n) is 10.7. The Hall–Kier alpha value is -1.56. The van der Waals surface area contributed by atoms with Crippen molar-refractivity contribution in [3.63, 3.8) is 0 Å². The van der Waals surface area contributed by atoms with Crippen molar-refractivity contribution in [3.8, 4) is 11.5 Å². The minimum absolute atomic E-state index is 0.143. The maximum absolute atomic E-state index is 11.4. The molecule has 1 saturated heterocycles. The molecule has 0 aliphatic carbocycles. The first-order chi connectivity index (χ1) is 9.05. The minimum Gasteiger partial charge on any atom is -0.493 e. The second-order valence-corrected chi connectivity index (χ2v) is 5.16. The van der Waals surface area contributed by atoms with Crippen LogP contribution in [-0.4, -0.2) is 26.0 Å². The number of benzene rings is 1. The van der Waals surface area contributed by atoms with E-state index in [0.717, 1.165) is 10.0 Å². The molecule has 6 heteroatoms. The number of amides is 2. The zero-order valence-corrected chi connectivity index (χ0v) is 12.2. The third-order valence-electron chi connectivity index (χ3n) is 3.09. The van der Waals surface area contributed by atoms with Gasteiger partial charge in [0.1, 0.15) is 0 Å². The van der Waals surface area contributed by atoms with E-state index in [4.69, 9.17) is 9.47 Å². The van der Waals surface area contributed by atoms with Gasteiger partial charge in [-0.1, -0.05) is 15.9 Å². The predicted octanol–water partition coefficient (Wildman–Crippen LogP) is 1.99. The van der Waals surface area contributed by atoms with Crippen LogP contribution in [0.15, 0.2) is 16.6 Å². The minimum atomic E-state index is -0.247. The number of carbonyl (C=O) groups excluding carboxylic acids is 2. The van der Waals surface area contributed by atoms with Gasteiger partial charge in [-0.2, -0.15) is 0 Å². The SMILES string of the molecule is COc1cc(Br)c(C2CC(=O)NC(=O)C2)cc1OC. The van der Waals surface area contributed by atoms with Crippen LogP contribution in [0.3, 0.4) is 0 Å². The lowest BCUT2D eigenvalue weighted by atomic mass is 9.89. The monoisotopic (exact) mass is 327 g/mol. The Morgan fingerprint density at radius 1 is 1.11 bits per heavy atom. The standard InChI is InChI=1S/C13H14BrNO4/c1-18-10-5-8(9(14)6-11(10)19-2)7-3-12(16)15-13(17)4-7/h5-7H,3-4H2,1-2H3,(H,15,16,17). The van der Waals surface area contributed by atoms with Gasteiger partial charge in [0.25, 0.3) is 0 Å². The van der Waals surface area contributed by atoms with Gasteiger partial charge in [-0.3, -0.25) is 14.9 Å². The van der Waals surface area contributed by atoms with E-state index in [1.165, 1.54) is 0 Å². The number of methoxy groups -OCH3 is 2. The summed E-state index contributed by atoms with van der Waals surface area (Å²) in [5.74, 6) is 0.546. The first-order valence-corrected chi connectivity index (χ1v) is 6.58. The van der Waals surface area contributed by atoms with Gasteiger partial charge in [0.15, 0.2) is 11.5 Å². The molecule has 0 spiro atoms. The largest absolute Gasteiger partial charge is 0.493 e. The highest BCUT2D eigenvalue weighted by Crippen LogP contribution is 2.39. The Labute approximate surface area is 119 Å². The van der Waals surface area contributed by atoms with Crippen molar-refractivity contribution < 1.29 is 19.1 Å². The molecular formula is C13H14BrNO4. The second-order valence-electron chi connectivity index (χ2n) is 4.31. The molecule has 0 bridgehead atoms. The smallest absolute Gasteiger partial charge is 0.227 e. The quantitative estimate of drug-likeness (QED) is 0.862. The van der Waals surface area contributed by atoms with Crippen LogP contribution >= 0.6 is 15.9 Å². The van der Waals surface area contributed by atoms with Crippen LogP contribution in [0.2, 0.25) is 0 Å². The van der Waals surface area contributed by atoms with Gasteiger partial charge in [-0.05, 0) is 17.7 Å². The summed E-state index contributed by atoms with van der Waals surface area (Å²) >= 11 is 3.45. The van der Waals surface area contributed by atoms with E-state index in [1.54, 1.807) is 26.4 Å². The molecular weight excluding hydrogens is 314 g/mol. The third-order valence-corrected chi connectivity index (χ3v) is 3.77. The average molecular weight is 328 g/mol. The Kier molecular flexibility index (Phi) is 4.09. The van der Waals surface area contributed by atoms with E-state index in [1.807, 2.05) is 0 Å². The van der Waals surface area contributed by atoms with Crippen LogP contribution in [0.25, 0.3) is 0 Å². The van der Waals surface area contributed by atoms with Crippen molar-refractivity contribution in [2.75, 3.05) is 14.2 Å². The number of hydrogen-bond donors (Lipinski definition) is 1. The van der Waals surface area contributed by atoms with Crippen molar-refractivity contribution in [2.45, 2.75) is 18.8 Å². The van der Waals surface area contributed by atoms with Crippen molar-refractivity contribution in [2.24, 2.45) is 0 Å². The van der Waals surface area contributed by atoms with E-state index in [0.29, 0.717) is 24.3 Å². The molecule has 1 aromatic carbocycles. The number of rotatable bonds is 3. The molecule has 0 radical (unpaired) electrons. The van der Waals surface area contributed by atoms with Crippen molar-refractivity contribution in [1.82, 2.24) is 5.32 Å². The van der Waals surface area contributed by atoms with Gasteiger partial charge >= 0.3 is 0 Å². The summed E-state index contributed by atoms with van der Waals surface area (Å²) in [4.78, 5) is 22.9. The topological polar surface area (TPSA) is 64.6 Å². The molecule has 0 atom stereocenters. The summed E-state index contributed by atoms with van der Waals surface area (Å²) < 4.78 is 11.2. The summed E-state index contributed by atoms with van der Waals surface area (Å²) in [5, 5.41) is 2.30. The maximum Gasteiger partial charge on any atom is 0.227 e. The predicted molar refractivity (Wildman–Crippen MR) is 72.4 cm³/mol. The van der Waals surface area contributed by atoms with Crippen molar-refractivity contribution in [3.05, 3.63) is 22.2 Å². The second kappa shape index (κ2) is 5.61. The third kappa shape index (κ3) is 2.89. The Morgan fingerprint density at radius 3 is 2.16 bits per heavy atom. The van der Waals surface area contributed by atoms with Gasteiger partial charge in [0.2, 0.25) is 11.8 Å². The molecule has 2 amide bonds. The lowest BCUT2D eigenvalue weighted by Gasteiger charge is -2.23. The summed E-state index contributed by atoms with van der Waals surface area (Å²) in [6.45, 7) is 0. The molecule has 19 heavy (non-hydrogen) atoms. The van der Waals surface area contributed by atoms with E-state index < -0.39 is 0 Å². The number of halogens is 1. The average Bonchev–Trinajstić information content (AvgIpc) is 2.37. The highest BCUT2D eigenvalue weighted by Gasteiger charge is 2.28. The van der Waals surface area contributed by atoms with Crippen LogP contribution in [0.1, 0.15) is 24.3 Å². The summed E-state index contributed by atoms with van der Waals surface area (Å²) in [6, 6.07) is 3.59. The fourth-order valence-electron chi connectivity index (χ4n) is 2.18. The molecule has 0 saturated carbocycles.